The first-order chi connectivity index (χ1) is 12.5. The Labute approximate surface area is 159 Å². The van der Waals surface area contributed by atoms with Gasteiger partial charge in [-0.25, -0.2) is 4.98 Å². The lowest BCUT2D eigenvalue weighted by molar-refractivity contribution is 0.0987. The van der Waals surface area contributed by atoms with Gasteiger partial charge in [0.05, 0.1) is 16.1 Å². The van der Waals surface area contributed by atoms with E-state index in [1.165, 1.54) is 23.1 Å². The van der Waals surface area contributed by atoms with Crippen molar-refractivity contribution in [1.82, 2.24) is 4.98 Å². The topological polar surface area (TPSA) is 62.3 Å². The third-order valence-electron chi connectivity index (χ3n) is 4.16. The molecule has 130 valence electrons. The fraction of sp³-hybridized carbons (Fsp3) is 0.105. The molecule has 3 heterocycles. The van der Waals surface area contributed by atoms with Crippen molar-refractivity contribution in [2.24, 2.45) is 0 Å². The molecule has 0 radical (unpaired) electrons. The maximum absolute atomic E-state index is 12.7. The van der Waals surface area contributed by atoms with Crippen LogP contribution in [0.1, 0.15) is 25.6 Å². The van der Waals surface area contributed by atoms with Gasteiger partial charge in [0.25, 0.3) is 11.8 Å². The van der Waals surface area contributed by atoms with Crippen LogP contribution >= 0.6 is 23.1 Å². The second-order valence-corrected chi connectivity index (χ2v) is 7.84. The van der Waals surface area contributed by atoms with Gasteiger partial charge < -0.3 is 10.2 Å². The minimum atomic E-state index is -0.126. The highest BCUT2D eigenvalue weighted by molar-refractivity contribution is 7.99. The summed E-state index contributed by atoms with van der Waals surface area (Å²) in [6.45, 7) is 1.92. The maximum Gasteiger partial charge on any atom is 0.265 e. The van der Waals surface area contributed by atoms with Gasteiger partial charge in [-0.2, -0.15) is 0 Å². The fourth-order valence-corrected chi connectivity index (χ4v) is 4.68. The smallest absolute Gasteiger partial charge is 0.265 e. The molecule has 0 saturated heterocycles. The highest BCUT2D eigenvalue weighted by Gasteiger charge is 2.25. The van der Waals surface area contributed by atoms with E-state index >= 15 is 0 Å². The average Bonchev–Trinajstić information content (AvgIpc) is 3.03. The first-order valence-corrected chi connectivity index (χ1v) is 9.64. The van der Waals surface area contributed by atoms with Crippen LogP contribution in [-0.2, 0) is 0 Å². The summed E-state index contributed by atoms with van der Waals surface area (Å²) in [5.41, 5.74) is 3.02. The average molecular weight is 381 g/mol. The molecule has 0 unspecified atom stereocenters. The molecule has 0 spiro atoms. The number of aromatic nitrogens is 1. The second-order valence-electron chi connectivity index (χ2n) is 5.89. The molecule has 2 amide bonds. The molecule has 2 aromatic heterocycles. The van der Waals surface area contributed by atoms with Crippen LogP contribution in [0.3, 0.4) is 0 Å². The monoisotopic (exact) mass is 381 g/mol. The Bertz CT molecular complexity index is 1030. The molecule has 7 heteroatoms. The second kappa shape index (κ2) is 6.59. The third kappa shape index (κ3) is 2.89. The number of hydrogen-bond acceptors (Lipinski definition) is 5. The van der Waals surface area contributed by atoms with E-state index in [1.54, 1.807) is 30.3 Å². The zero-order valence-corrected chi connectivity index (χ0v) is 15.8. The van der Waals surface area contributed by atoms with Gasteiger partial charge in [-0.1, -0.05) is 11.8 Å². The maximum atomic E-state index is 12.7. The summed E-state index contributed by atoms with van der Waals surface area (Å²) >= 11 is 2.85. The third-order valence-corrected chi connectivity index (χ3v) is 6.24. The van der Waals surface area contributed by atoms with Crippen LogP contribution in [0.5, 0.6) is 0 Å². The van der Waals surface area contributed by atoms with Gasteiger partial charge in [-0.15, -0.1) is 11.3 Å². The molecule has 1 aliphatic rings. The molecule has 1 N–H and O–H groups in total. The van der Waals surface area contributed by atoms with E-state index in [0.29, 0.717) is 21.2 Å². The number of amides is 2. The first-order valence-electron chi connectivity index (χ1n) is 7.95. The lowest BCUT2D eigenvalue weighted by Crippen LogP contribution is -2.26. The van der Waals surface area contributed by atoms with Crippen LogP contribution in [-0.4, -0.2) is 23.8 Å². The zero-order valence-electron chi connectivity index (χ0n) is 14.1. The van der Waals surface area contributed by atoms with Crippen molar-refractivity contribution in [1.29, 1.82) is 0 Å². The predicted octanol–water partition coefficient (Wildman–Crippen LogP) is 4.45. The Morgan fingerprint density at radius 2 is 2.08 bits per heavy atom. The SMILES string of the molecule is Cc1ccsc1C(=O)Nc1ccc2c(c1)Sc1ncccc1C(=O)N2C. The van der Waals surface area contributed by atoms with Crippen molar-refractivity contribution in [2.45, 2.75) is 16.8 Å². The van der Waals surface area contributed by atoms with Crippen molar-refractivity contribution < 1.29 is 9.59 Å². The molecule has 1 aliphatic heterocycles. The number of thiophene rings is 1. The minimum absolute atomic E-state index is 0.0923. The van der Waals surface area contributed by atoms with Crippen LogP contribution < -0.4 is 10.2 Å². The van der Waals surface area contributed by atoms with Crippen LogP contribution in [0.15, 0.2) is 57.9 Å². The largest absolute Gasteiger partial charge is 0.321 e. The van der Waals surface area contributed by atoms with E-state index in [0.717, 1.165) is 16.1 Å². The summed E-state index contributed by atoms with van der Waals surface area (Å²) in [6.07, 6.45) is 1.68. The van der Waals surface area contributed by atoms with Crippen molar-refractivity contribution in [3.63, 3.8) is 0 Å². The Morgan fingerprint density at radius 1 is 1.23 bits per heavy atom. The molecule has 5 nitrogen and oxygen atoms in total. The van der Waals surface area contributed by atoms with E-state index in [4.69, 9.17) is 0 Å². The van der Waals surface area contributed by atoms with E-state index in [-0.39, 0.29) is 11.8 Å². The number of carbonyl (C=O) groups is 2. The number of anilines is 2. The highest BCUT2D eigenvalue weighted by Crippen LogP contribution is 2.41. The Kier molecular flexibility index (Phi) is 4.26. The van der Waals surface area contributed by atoms with Crippen LogP contribution in [0, 0.1) is 6.92 Å². The summed E-state index contributed by atoms with van der Waals surface area (Å²) in [5.74, 6) is -0.218. The van der Waals surface area contributed by atoms with Crippen LogP contribution in [0.25, 0.3) is 0 Å². The van der Waals surface area contributed by atoms with Gasteiger partial charge in [-0.05, 0) is 54.3 Å². The molecule has 1 aromatic carbocycles. The van der Waals surface area contributed by atoms with Gasteiger partial charge in [0.2, 0.25) is 0 Å². The van der Waals surface area contributed by atoms with E-state index < -0.39 is 0 Å². The number of hydrogen-bond donors (Lipinski definition) is 1. The Hall–Kier alpha value is -2.64. The standard InChI is InChI=1S/C19H15N3O2S2/c1-11-7-9-25-16(11)17(23)21-12-5-6-14-15(10-12)26-18-13(4-3-8-20-18)19(24)22(14)2/h3-10H,1-2H3,(H,21,23). The molecule has 0 fully saturated rings. The fourth-order valence-electron chi connectivity index (χ4n) is 2.77. The van der Waals surface area contributed by atoms with Gasteiger partial charge >= 0.3 is 0 Å². The van der Waals surface area contributed by atoms with Gasteiger partial charge in [0.15, 0.2) is 0 Å². The minimum Gasteiger partial charge on any atom is -0.321 e. The summed E-state index contributed by atoms with van der Waals surface area (Å²) in [7, 11) is 1.75. The summed E-state index contributed by atoms with van der Waals surface area (Å²) in [6, 6.07) is 11.0. The quantitative estimate of drug-likeness (QED) is 0.713. The molecule has 26 heavy (non-hydrogen) atoms. The van der Waals surface area contributed by atoms with E-state index in [1.807, 2.05) is 36.6 Å². The molecular formula is C19H15N3O2S2. The van der Waals surface area contributed by atoms with Crippen molar-refractivity contribution in [3.05, 3.63) is 64.0 Å². The van der Waals surface area contributed by atoms with Crippen molar-refractivity contribution in [3.8, 4) is 0 Å². The first kappa shape index (κ1) is 16.8. The Morgan fingerprint density at radius 3 is 2.85 bits per heavy atom. The summed E-state index contributed by atoms with van der Waals surface area (Å²) < 4.78 is 0. The van der Waals surface area contributed by atoms with Gasteiger partial charge in [0, 0.05) is 23.8 Å². The number of nitrogens with one attached hydrogen (secondary N) is 1. The molecule has 3 aromatic rings. The molecule has 0 atom stereocenters. The molecule has 0 saturated carbocycles. The van der Waals surface area contributed by atoms with Crippen molar-refractivity contribution >= 4 is 46.3 Å². The lowest BCUT2D eigenvalue weighted by atomic mass is 10.2. The van der Waals surface area contributed by atoms with Crippen LogP contribution in [0.2, 0.25) is 0 Å². The predicted molar refractivity (Wildman–Crippen MR) is 105 cm³/mol. The number of nitrogens with zero attached hydrogens (tertiary/aromatic N) is 2. The number of benzene rings is 1. The number of carbonyl (C=O) groups excluding carboxylic acids is 2. The number of pyridine rings is 1. The molecular weight excluding hydrogens is 366 g/mol. The van der Waals surface area contributed by atoms with E-state index in [9.17, 15) is 9.59 Å². The van der Waals surface area contributed by atoms with E-state index in [2.05, 4.69) is 10.3 Å². The number of fused-ring (bicyclic) bond motifs is 2. The number of rotatable bonds is 2. The van der Waals surface area contributed by atoms with Gasteiger partial charge in [0.1, 0.15) is 5.03 Å². The van der Waals surface area contributed by atoms with Crippen molar-refractivity contribution in [2.75, 3.05) is 17.3 Å². The summed E-state index contributed by atoms with van der Waals surface area (Å²) in [4.78, 5) is 32.6. The van der Waals surface area contributed by atoms with Crippen LogP contribution in [0.4, 0.5) is 11.4 Å². The number of aryl methyl sites for hydroxylation is 1. The Balaban J connectivity index is 1.69. The molecule has 4 rings (SSSR count). The zero-order chi connectivity index (χ0) is 18.3. The lowest BCUT2D eigenvalue weighted by Gasteiger charge is -2.18. The normalized spacial score (nSPS) is 13.0. The van der Waals surface area contributed by atoms with Gasteiger partial charge in [-0.3, -0.25) is 9.59 Å². The highest BCUT2D eigenvalue weighted by atomic mass is 32.2. The summed E-state index contributed by atoms with van der Waals surface area (Å²) in [5, 5.41) is 5.51. The molecule has 0 aliphatic carbocycles. The molecule has 0 bridgehead atoms.